The third-order valence-corrected chi connectivity index (χ3v) is 4.14. The van der Waals surface area contributed by atoms with E-state index in [-0.39, 0.29) is 23.4 Å². The number of esters is 1. The number of hydrogen-bond acceptors (Lipinski definition) is 5. The molecule has 0 saturated carbocycles. The summed E-state index contributed by atoms with van der Waals surface area (Å²) < 4.78 is 5.13. The average Bonchev–Trinajstić information content (AvgIpc) is 2.95. The van der Waals surface area contributed by atoms with E-state index in [1.54, 1.807) is 19.1 Å². The van der Waals surface area contributed by atoms with Crippen LogP contribution in [0.15, 0.2) is 30.4 Å². The van der Waals surface area contributed by atoms with Crippen LogP contribution >= 0.6 is 0 Å². The maximum Gasteiger partial charge on any atom is 0.328 e. The smallest absolute Gasteiger partial charge is 0.328 e. The van der Waals surface area contributed by atoms with E-state index in [4.69, 9.17) is 4.74 Å². The van der Waals surface area contributed by atoms with E-state index >= 15 is 0 Å². The number of allylic oxidation sites excluding steroid dienone is 2. The zero-order valence-corrected chi connectivity index (χ0v) is 11.7. The summed E-state index contributed by atoms with van der Waals surface area (Å²) in [4.78, 5) is 23.1. The Hall–Kier alpha value is -2.30. The molecule has 1 N–H and O–H groups in total. The normalized spacial score (nSPS) is 25.7. The van der Waals surface area contributed by atoms with Gasteiger partial charge in [0.05, 0.1) is 12.6 Å². The molecule has 0 saturated heterocycles. The highest BCUT2D eigenvalue weighted by Gasteiger charge is 2.41. The van der Waals surface area contributed by atoms with Crippen molar-refractivity contribution in [2.45, 2.75) is 25.3 Å². The fourth-order valence-corrected chi connectivity index (χ4v) is 3.19. The Morgan fingerprint density at radius 1 is 1.43 bits per heavy atom. The van der Waals surface area contributed by atoms with Crippen LogP contribution in [0.4, 0.5) is 5.69 Å². The molecule has 0 fully saturated rings. The van der Waals surface area contributed by atoms with Crippen LogP contribution in [0.3, 0.4) is 0 Å². The Morgan fingerprint density at radius 2 is 2.24 bits per heavy atom. The van der Waals surface area contributed by atoms with Gasteiger partial charge in [0.25, 0.3) is 0 Å². The van der Waals surface area contributed by atoms with Crippen molar-refractivity contribution in [3.63, 3.8) is 0 Å². The topological polar surface area (TPSA) is 78.5 Å². The Labute approximate surface area is 122 Å². The lowest BCUT2D eigenvalue weighted by molar-refractivity contribution is -0.255. The molecule has 0 amide bonds. The van der Waals surface area contributed by atoms with Crippen molar-refractivity contribution in [3.8, 4) is 0 Å². The van der Waals surface area contributed by atoms with Gasteiger partial charge in [0.1, 0.15) is 6.04 Å². The van der Waals surface area contributed by atoms with Crippen LogP contribution in [0.5, 0.6) is 0 Å². The molecule has 0 spiro atoms. The monoisotopic (exact) mass is 286 g/mol. The number of rotatable bonds is 3. The van der Waals surface area contributed by atoms with E-state index in [2.05, 4.69) is 5.32 Å². The molecule has 1 aromatic rings. The third-order valence-electron chi connectivity index (χ3n) is 4.14. The lowest BCUT2D eigenvalue weighted by atomic mass is 9.79. The molecule has 1 aliphatic carbocycles. The number of ether oxygens (including phenoxy) is 1. The van der Waals surface area contributed by atoms with Crippen molar-refractivity contribution in [2.24, 2.45) is 5.92 Å². The minimum Gasteiger partial charge on any atom is -0.545 e. The first-order valence-corrected chi connectivity index (χ1v) is 7.07. The Balaban J connectivity index is 1.98. The second-order valence-corrected chi connectivity index (χ2v) is 5.32. The molecule has 2 aliphatic rings. The van der Waals surface area contributed by atoms with Crippen molar-refractivity contribution in [2.75, 3.05) is 11.9 Å². The summed E-state index contributed by atoms with van der Waals surface area (Å²) >= 11 is 0. The highest BCUT2D eigenvalue weighted by Crippen LogP contribution is 2.45. The van der Waals surface area contributed by atoms with E-state index in [1.165, 1.54) is 6.07 Å². The molecule has 21 heavy (non-hydrogen) atoms. The molecule has 0 aromatic heterocycles. The predicted octanol–water partition coefficient (Wildman–Crippen LogP) is 1.07. The summed E-state index contributed by atoms with van der Waals surface area (Å²) in [5.41, 5.74) is 1.84. The average molecular weight is 286 g/mol. The van der Waals surface area contributed by atoms with Gasteiger partial charge in [-0.2, -0.15) is 0 Å². The highest BCUT2D eigenvalue weighted by atomic mass is 16.5. The quantitative estimate of drug-likeness (QED) is 0.664. The molecule has 0 unspecified atom stereocenters. The second kappa shape index (κ2) is 5.24. The van der Waals surface area contributed by atoms with Gasteiger partial charge in [0, 0.05) is 17.5 Å². The van der Waals surface area contributed by atoms with Crippen LogP contribution in [-0.4, -0.2) is 24.6 Å². The minimum absolute atomic E-state index is 0.0370. The molecule has 5 nitrogen and oxygen atoms in total. The molecule has 5 heteroatoms. The number of anilines is 1. The van der Waals surface area contributed by atoms with Gasteiger partial charge in [-0.1, -0.05) is 18.2 Å². The van der Waals surface area contributed by atoms with Gasteiger partial charge < -0.3 is 20.0 Å². The van der Waals surface area contributed by atoms with E-state index in [0.29, 0.717) is 6.61 Å². The number of carboxylic acids is 1. The fourth-order valence-electron chi connectivity index (χ4n) is 3.19. The lowest BCUT2D eigenvalue weighted by Gasteiger charge is -2.35. The largest absolute Gasteiger partial charge is 0.545 e. The van der Waals surface area contributed by atoms with Crippen LogP contribution in [0.25, 0.3) is 0 Å². The van der Waals surface area contributed by atoms with Gasteiger partial charge in [-0.15, -0.1) is 0 Å². The molecular formula is C16H16NO4-. The maximum absolute atomic E-state index is 12.1. The maximum atomic E-state index is 12.1. The lowest BCUT2D eigenvalue weighted by Crippen LogP contribution is -2.43. The van der Waals surface area contributed by atoms with Crippen molar-refractivity contribution < 1.29 is 19.4 Å². The van der Waals surface area contributed by atoms with Crippen LogP contribution in [0.1, 0.15) is 35.2 Å². The molecule has 0 radical (unpaired) electrons. The SMILES string of the molecule is CCOC(=O)[C@H]1Nc2ccc(C(=O)[O-])cc2[C@H]2C=CC[C@@H]12. The number of carbonyl (C=O) groups excluding carboxylic acids is 2. The second-order valence-electron chi connectivity index (χ2n) is 5.32. The van der Waals surface area contributed by atoms with Crippen molar-refractivity contribution in [1.82, 2.24) is 0 Å². The van der Waals surface area contributed by atoms with Crippen molar-refractivity contribution in [1.29, 1.82) is 0 Å². The van der Waals surface area contributed by atoms with Gasteiger partial charge in [0.2, 0.25) is 0 Å². The molecular weight excluding hydrogens is 270 g/mol. The summed E-state index contributed by atoms with van der Waals surface area (Å²) in [7, 11) is 0. The van der Waals surface area contributed by atoms with Crippen LogP contribution < -0.4 is 10.4 Å². The van der Waals surface area contributed by atoms with E-state index in [9.17, 15) is 14.7 Å². The van der Waals surface area contributed by atoms with Gasteiger partial charge in [0.15, 0.2) is 0 Å². The molecule has 110 valence electrons. The standard InChI is InChI=1S/C16H17NO4/c1-2-21-16(20)14-11-5-3-4-10(11)12-8-9(15(18)19)6-7-13(12)17-14/h3-4,6-8,10-11,14,17H,2,5H2,1H3,(H,18,19)/p-1/t10-,11+,14-/m0/s1. The molecule has 1 heterocycles. The van der Waals surface area contributed by atoms with Crippen LogP contribution in [0.2, 0.25) is 0 Å². The van der Waals surface area contributed by atoms with Gasteiger partial charge >= 0.3 is 5.97 Å². The van der Waals surface area contributed by atoms with Gasteiger partial charge in [-0.3, -0.25) is 0 Å². The number of fused-ring (bicyclic) bond motifs is 3. The van der Waals surface area contributed by atoms with E-state index < -0.39 is 12.0 Å². The van der Waals surface area contributed by atoms with Crippen molar-refractivity contribution in [3.05, 3.63) is 41.5 Å². The number of carboxylic acid groups (broad SMARTS) is 1. The zero-order chi connectivity index (χ0) is 15.0. The molecule has 1 aromatic carbocycles. The first-order chi connectivity index (χ1) is 10.1. The fraction of sp³-hybridized carbons (Fsp3) is 0.375. The first-order valence-electron chi connectivity index (χ1n) is 7.07. The van der Waals surface area contributed by atoms with E-state index in [0.717, 1.165) is 17.7 Å². The minimum atomic E-state index is -1.19. The number of aromatic carboxylic acids is 1. The van der Waals surface area contributed by atoms with Gasteiger partial charge in [-0.05, 0) is 36.6 Å². The summed E-state index contributed by atoms with van der Waals surface area (Å²) in [5, 5.41) is 14.2. The molecule has 0 bridgehead atoms. The molecule has 3 atom stereocenters. The third kappa shape index (κ3) is 2.28. The van der Waals surface area contributed by atoms with Crippen molar-refractivity contribution >= 4 is 17.6 Å². The van der Waals surface area contributed by atoms with Gasteiger partial charge in [-0.25, -0.2) is 4.79 Å². The first kappa shape index (κ1) is 13.7. The summed E-state index contributed by atoms with van der Waals surface area (Å²) in [6, 6.07) is 4.41. The summed E-state index contributed by atoms with van der Waals surface area (Å²) in [6.07, 6.45) is 4.84. The van der Waals surface area contributed by atoms with Crippen LogP contribution in [0, 0.1) is 5.92 Å². The van der Waals surface area contributed by atoms with Crippen LogP contribution in [-0.2, 0) is 9.53 Å². The predicted molar refractivity (Wildman–Crippen MR) is 74.8 cm³/mol. The Bertz CT molecular complexity index is 623. The van der Waals surface area contributed by atoms with E-state index in [1.807, 2.05) is 12.2 Å². The summed E-state index contributed by atoms with van der Waals surface area (Å²) in [5.74, 6) is -1.35. The Morgan fingerprint density at radius 3 is 2.95 bits per heavy atom. The molecule has 1 aliphatic heterocycles. The number of hydrogen-bond donors (Lipinski definition) is 1. The summed E-state index contributed by atoms with van der Waals surface area (Å²) in [6.45, 7) is 2.13. The number of benzene rings is 1. The number of carbonyl (C=O) groups is 2. The number of nitrogens with one attached hydrogen (secondary N) is 1. The zero-order valence-electron chi connectivity index (χ0n) is 11.7. The molecule has 3 rings (SSSR count). The highest BCUT2D eigenvalue weighted by molar-refractivity contribution is 5.88. The Kier molecular flexibility index (Phi) is 3.41.